The summed E-state index contributed by atoms with van der Waals surface area (Å²) in [5.41, 5.74) is -0.810. The average Bonchev–Trinajstić information content (AvgIpc) is 2.65. The van der Waals surface area contributed by atoms with Gasteiger partial charge < -0.3 is 9.47 Å². The van der Waals surface area contributed by atoms with Crippen LogP contribution in [0.4, 0.5) is 4.39 Å². The van der Waals surface area contributed by atoms with Crippen LogP contribution in [0.5, 0.6) is 0 Å². The molecule has 100 valence electrons. The maximum absolute atomic E-state index is 13.8. The fraction of sp³-hybridized carbons (Fsp3) is 0.636. The highest BCUT2D eigenvalue weighted by Gasteiger charge is 2.37. The summed E-state index contributed by atoms with van der Waals surface area (Å²) in [5, 5.41) is 0. The largest absolute Gasteiger partial charge is 0.382 e. The van der Waals surface area contributed by atoms with Gasteiger partial charge in [-0.15, -0.1) is 0 Å². The topological polar surface area (TPSA) is 73.3 Å². The molecule has 1 aromatic rings. The first-order valence-corrected chi connectivity index (χ1v) is 5.63. The molecule has 0 saturated carbocycles. The van der Waals surface area contributed by atoms with Crippen LogP contribution in [0.3, 0.4) is 0 Å². The summed E-state index contributed by atoms with van der Waals surface area (Å²) in [5.74, 6) is 0. The fourth-order valence-electron chi connectivity index (χ4n) is 2.01. The zero-order chi connectivity index (χ0) is 13.3. The number of halogens is 1. The third kappa shape index (κ3) is 2.37. The van der Waals surface area contributed by atoms with Crippen LogP contribution in [0.15, 0.2) is 15.8 Å². The van der Waals surface area contributed by atoms with Gasteiger partial charge in [0.2, 0.25) is 0 Å². The van der Waals surface area contributed by atoms with E-state index < -0.39 is 23.6 Å². The highest BCUT2D eigenvalue weighted by Crippen LogP contribution is 2.30. The number of nitrogens with one attached hydrogen (secondary N) is 1. The molecule has 1 N–H and O–H groups in total. The molecular formula is C11H15FN2O4. The minimum Gasteiger partial charge on any atom is -0.382 e. The summed E-state index contributed by atoms with van der Waals surface area (Å²) < 4.78 is 25.2. The number of aromatic amines is 1. The third-order valence-electron chi connectivity index (χ3n) is 2.90. The molecular weight excluding hydrogens is 243 g/mol. The Balaban J connectivity index is 2.30. The average molecular weight is 258 g/mol. The van der Waals surface area contributed by atoms with E-state index in [9.17, 15) is 14.0 Å². The van der Waals surface area contributed by atoms with E-state index in [0.717, 1.165) is 4.57 Å². The molecule has 1 unspecified atom stereocenters. The Morgan fingerprint density at radius 3 is 3.00 bits per heavy atom. The molecule has 1 saturated heterocycles. The van der Waals surface area contributed by atoms with Crippen LogP contribution in [-0.2, 0) is 9.47 Å². The molecule has 1 fully saturated rings. The van der Waals surface area contributed by atoms with E-state index in [2.05, 4.69) is 4.98 Å². The maximum Gasteiger partial charge on any atom is 0.330 e. The standard InChI is InChI=1S/C11H15FN2O4/c1-6-4-14(11(16)13-9(6)15)10-8(12)3-7(18-10)5-17-2/h4,7-8,10H,3,5H2,1-2H3,(H,13,15,16)/t7-,8?,10+/m0/s1. The van der Waals surface area contributed by atoms with Crippen molar-refractivity contribution in [1.82, 2.24) is 9.55 Å². The molecule has 0 radical (unpaired) electrons. The molecule has 7 heteroatoms. The van der Waals surface area contributed by atoms with E-state index in [1.165, 1.54) is 13.3 Å². The van der Waals surface area contributed by atoms with Gasteiger partial charge in [-0.25, -0.2) is 9.18 Å². The molecule has 3 atom stereocenters. The lowest BCUT2D eigenvalue weighted by Gasteiger charge is -2.16. The first-order valence-electron chi connectivity index (χ1n) is 5.63. The smallest absolute Gasteiger partial charge is 0.330 e. The molecule has 0 aliphatic carbocycles. The van der Waals surface area contributed by atoms with Crippen LogP contribution in [0.1, 0.15) is 18.2 Å². The summed E-state index contributed by atoms with van der Waals surface area (Å²) in [6.45, 7) is 1.82. The van der Waals surface area contributed by atoms with Crippen molar-refractivity contribution >= 4 is 0 Å². The predicted molar refractivity (Wildman–Crippen MR) is 61.4 cm³/mol. The Bertz CT molecular complexity index is 539. The van der Waals surface area contributed by atoms with Crippen LogP contribution < -0.4 is 11.2 Å². The van der Waals surface area contributed by atoms with Crippen LogP contribution in [0.25, 0.3) is 0 Å². The van der Waals surface area contributed by atoms with Crippen LogP contribution in [-0.4, -0.2) is 35.5 Å². The van der Waals surface area contributed by atoms with Crippen molar-refractivity contribution in [2.45, 2.75) is 31.8 Å². The summed E-state index contributed by atoms with van der Waals surface area (Å²) in [6.07, 6.45) is -1.20. The van der Waals surface area contributed by atoms with E-state index >= 15 is 0 Å². The molecule has 0 bridgehead atoms. The Kier molecular flexibility index (Phi) is 3.63. The number of rotatable bonds is 3. The van der Waals surface area contributed by atoms with Crippen molar-refractivity contribution in [2.24, 2.45) is 0 Å². The second kappa shape index (κ2) is 5.03. The van der Waals surface area contributed by atoms with Crippen LogP contribution in [0.2, 0.25) is 0 Å². The van der Waals surface area contributed by atoms with Gasteiger partial charge in [0.05, 0.1) is 12.7 Å². The van der Waals surface area contributed by atoms with Gasteiger partial charge in [-0.3, -0.25) is 14.3 Å². The van der Waals surface area contributed by atoms with Crippen molar-refractivity contribution in [3.05, 3.63) is 32.6 Å². The van der Waals surface area contributed by atoms with Gasteiger partial charge in [-0.1, -0.05) is 0 Å². The minimum absolute atomic E-state index is 0.170. The number of aromatic nitrogens is 2. The first-order chi connectivity index (χ1) is 8.52. The molecule has 2 rings (SSSR count). The lowest BCUT2D eigenvalue weighted by Crippen LogP contribution is -2.35. The number of methoxy groups -OCH3 is 1. The molecule has 6 nitrogen and oxygen atoms in total. The van der Waals surface area contributed by atoms with E-state index in [4.69, 9.17) is 9.47 Å². The van der Waals surface area contributed by atoms with Crippen molar-refractivity contribution < 1.29 is 13.9 Å². The number of hydrogen-bond acceptors (Lipinski definition) is 4. The maximum atomic E-state index is 13.8. The summed E-state index contributed by atoms with van der Waals surface area (Å²) in [7, 11) is 1.50. The summed E-state index contributed by atoms with van der Waals surface area (Å²) >= 11 is 0. The third-order valence-corrected chi connectivity index (χ3v) is 2.90. The summed E-state index contributed by atoms with van der Waals surface area (Å²) in [6, 6.07) is 0. The Morgan fingerprint density at radius 2 is 2.33 bits per heavy atom. The molecule has 0 spiro atoms. The van der Waals surface area contributed by atoms with E-state index in [0.29, 0.717) is 5.56 Å². The normalized spacial score (nSPS) is 27.6. The lowest BCUT2D eigenvalue weighted by atomic mass is 10.2. The molecule has 0 amide bonds. The Hall–Kier alpha value is -1.47. The van der Waals surface area contributed by atoms with Gasteiger partial charge >= 0.3 is 5.69 Å². The quantitative estimate of drug-likeness (QED) is 0.835. The number of ether oxygens (including phenoxy) is 2. The van der Waals surface area contributed by atoms with Crippen molar-refractivity contribution in [2.75, 3.05) is 13.7 Å². The zero-order valence-electron chi connectivity index (χ0n) is 10.2. The monoisotopic (exact) mass is 258 g/mol. The molecule has 1 aliphatic rings. The van der Waals surface area contributed by atoms with Gasteiger partial charge in [0.25, 0.3) is 5.56 Å². The highest BCUT2D eigenvalue weighted by molar-refractivity contribution is 5.02. The zero-order valence-corrected chi connectivity index (χ0v) is 10.2. The van der Waals surface area contributed by atoms with Crippen molar-refractivity contribution in [3.63, 3.8) is 0 Å². The predicted octanol–water partition coefficient (Wildman–Crippen LogP) is 0.117. The van der Waals surface area contributed by atoms with Gasteiger partial charge in [0.15, 0.2) is 6.23 Å². The minimum atomic E-state index is -1.30. The fourth-order valence-corrected chi connectivity index (χ4v) is 2.01. The van der Waals surface area contributed by atoms with Gasteiger partial charge in [-0.2, -0.15) is 0 Å². The number of alkyl halides is 1. The Labute approximate surface area is 102 Å². The van der Waals surface area contributed by atoms with Crippen molar-refractivity contribution in [3.8, 4) is 0 Å². The van der Waals surface area contributed by atoms with E-state index in [1.54, 1.807) is 6.92 Å². The van der Waals surface area contributed by atoms with Crippen LogP contribution >= 0.6 is 0 Å². The SMILES string of the molecule is COC[C@@H]1CC(F)[C@H](n2cc(C)c(=O)[nH]c2=O)O1. The van der Waals surface area contributed by atoms with Gasteiger partial charge in [-0.05, 0) is 6.92 Å². The van der Waals surface area contributed by atoms with Crippen molar-refractivity contribution in [1.29, 1.82) is 0 Å². The molecule has 2 heterocycles. The lowest BCUT2D eigenvalue weighted by molar-refractivity contribution is -0.0463. The van der Waals surface area contributed by atoms with E-state index in [1.807, 2.05) is 0 Å². The number of aryl methyl sites for hydroxylation is 1. The molecule has 1 aromatic heterocycles. The number of nitrogens with zero attached hydrogens (tertiary/aromatic N) is 1. The molecule has 1 aliphatic heterocycles. The molecule has 18 heavy (non-hydrogen) atoms. The second-order valence-corrected chi connectivity index (χ2v) is 4.33. The first kappa shape index (κ1) is 13.0. The number of H-pyrrole nitrogens is 1. The van der Waals surface area contributed by atoms with Gasteiger partial charge in [0.1, 0.15) is 6.17 Å². The number of hydrogen-bond donors (Lipinski definition) is 1. The van der Waals surface area contributed by atoms with Crippen LogP contribution in [0, 0.1) is 6.92 Å². The second-order valence-electron chi connectivity index (χ2n) is 4.33. The van der Waals surface area contributed by atoms with Gasteiger partial charge in [0, 0.05) is 25.3 Å². The highest BCUT2D eigenvalue weighted by atomic mass is 19.1. The summed E-state index contributed by atoms with van der Waals surface area (Å²) in [4.78, 5) is 25.0. The van der Waals surface area contributed by atoms with E-state index in [-0.39, 0.29) is 19.1 Å². The Morgan fingerprint density at radius 1 is 1.61 bits per heavy atom. The molecule has 0 aromatic carbocycles.